The van der Waals surface area contributed by atoms with Crippen LogP contribution < -0.4 is 0 Å². The molecule has 0 aliphatic carbocycles. The van der Waals surface area contributed by atoms with Crippen molar-refractivity contribution >= 4 is 6.08 Å². The molecule has 0 spiro atoms. The molecule has 1 nitrogen and oxygen atoms in total. The van der Waals surface area contributed by atoms with Crippen molar-refractivity contribution < 1.29 is 4.39 Å². The fraction of sp³-hybridized carbons (Fsp3) is 0.286. The van der Waals surface area contributed by atoms with E-state index in [9.17, 15) is 4.39 Å². The Morgan fingerprint density at radius 1 is 1.26 bits per heavy atom. The van der Waals surface area contributed by atoms with Gasteiger partial charge < -0.3 is 0 Å². The Morgan fingerprint density at radius 2 is 2.13 bits per heavy atom. The Hall–Kier alpha value is -2.22. The monoisotopic (exact) mass is 309 g/mol. The molecule has 0 bridgehead atoms. The summed E-state index contributed by atoms with van der Waals surface area (Å²) in [6.45, 7) is 5.46. The summed E-state index contributed by atoms with van der Waals surface area (Å²) in [5, 5.41) is 0. The van der Waals surface area contributed by atoms with Gasteiger partial charge in [0.2, 0.25) is 0 Å². The summed E-state index contributed by atoms with van der Waals surface area (Å²) in [7, 11) is 0. The maximum Gasteiger partial charge on any atom is 0.0973 e. The molecule has 120 valence electrons. The van der Waals surface area contributed by atoms with Gasteiger partial charge in [0.05, 0.1) is 11.9 Å². The average Bonchev–Trinajstić information content (AvgIpc) is 2.56. The first-order chi connectivity index (χ1) is 11.2. The lowest BCUT2D eigenvalue weighted by Gasteiger charge is -2.08. The lowest BCUT2D eigenvalue weighted by Crippen LogP contribution is -1.91. The number of rotatable bonds is 8. The van der Waals surface area contributed by atoms with Crippen LogP contribution in [0.4, 0.5) is 4.39 Å². The van der Waals surface area contributed by atoms with Gasteiger partial charge >= 0.3 is 0 Å². The summed E-state index contributed by atoms with van der Waals surface area (Å²) in [4.78, 5) is 4.40. The fourth-order valence-electron chi connectivity index (χ4n) is 2.52. The van der Waals surface area contributed by atoms with Crippen LogP contribution in [-0.4, -0.2) is 11.2 Å². The van der Waals surface area contributed by atoms with Crippen LogP contribution in [0.25, 0.3) is 17.3 Å². The van der Waals surface area contributed by atoms with Crippen LogP contribution in [0.15, 0.2) is 61.3 Å². The van der Waals surface area contributed by atoms with E-state index in [2.05, 4.69) is 41.9 Å². The molecule has 0 aliphatic heterocycles. The maximum atomic E-state index is 12.8. The summed E-state index contributed by atoms with van der Waals surface area (Å²) in [6, 6.07) is 12.3. The minimum atomic E-state index is -0.711. The Labute approximate surface area is 138 Å². The number of halogens is 1. The molecule has 2 rings (SSSR count). The molecule has 23 heavy (non-hydrogen) atoms. The summed E-state index contributed by atoms with van der Waals surface area (Å²) < 4.78 is 12.8. The molecule has 2 heteroatoms. The molecule has 1 aromatic carbocycles. The predicted molar refractivity (Wildman–Crippen MR) is 97.0 cm³/mol. The average molecular weight is 309 g/mol. The minimum Gasteiger partial charge on any atom is -0.256 e. The highest BCUT2D eigenvalue weighted by Crippen LogP contribution is 2.22. The summed E-state index contributed by atoms with van der Waals surface area (Å²) in [5.41, 5.74) is 4.52. The zero-order valence-electron chi connectivity index (χ0n) is 13.7. The molecule has 0 radical (unpaired) electrons. The first kappa shape index (κ1) is 17.1. The number of hydrogen-bond acceptors (Lipinski definition) is 1. The van der Waals surface area contributed by atoms with E-state index in [1.165, 1.54) is 11.1 Å². The topological polar surface area (TPSA) is 12.9 Å². The second kappa shape index (κ2) is 9.04. The van der Waals surface area contributed by atoms with Gasteiger partial charge in [-0.1, -0.05) is 36.4 Å². The third-order valence-electron chi connectivity index (χ3n) is 3.74. The molecule has 2 aromatic rings. The highest BCUT2D eigenvalue weighted by Gasteiger charge is 2.03. The quantitative estimate of drug-likeness (QED) is 0.429. The van der Waals surface area contributed by atoms with Gasteiger partial charge in [0, 0.05) is 11.8 Å². The van der Waals surface area contributed by atoms with Gasteiger partial charge in [0.1, 0.15) is 0 Å². The number of allylic oxidation sites excluding steroid dienone is 2. The molecule has 0 amide bonds. The van der Waals surface area contributed by atoms with E-state index < -0.39 is 6.17 Å². The first-order valence-electron chi connectivity index (χ1n) is 8.16. The Kier molecular flexibility index (Phi) is 6.74. The minimum absolute atomic E-state index is 0.627. The van der Waals surface area contributed by atoms with Crippen molar-refractivity contribution in [3.8, 4) is 11.3 Å². The second-order valence-corrected chi connectivity index (χ2v) is 5.74. The van der Waals surface area contributed by atoms with Crippen molar-refractivity contribution in [3.63, 3.8) is 0 Å². The first-order valence-corrected chi connectivity index (χ1v) is 8.16. The third-order valence-corrected chi connectivity index (χ3v) is 3.74. The molecule has 0 N–H and O–H groups in total. The van der Waals surface area contributed by atoms with Crippen molar-refractivity contribution in [1.82, 2.24) is 4.98 Å². The number of nitrogens with zero attached hydrogens (tertiary/aromatic N) is 1. The van der Waals surface area contributed by atoms with Crippen LogP contribution in [-0.2, 0) is 6.42 Å². The molecule has 1 aromatic heterocycles. The van der Waals surface area contributed by atoms with Crippen LogP contribution in [0.5, 0.6) is 0 Å². The summed E-state index contributed by atoms with van der Waals surface area (Å²) in [5.74, 6) is 0. The number of pyridine rings is 1. The van der Waals surface area contributed by atoms with Gasteiger partial charge in [0.25, 0.3) is 0 Å². The molecular weight excluding hydrogens is 285 g/mol. The summed E-state index contributed by atoms with van der Waals surface area (Å²) in [6.07, 6.45) is 10.5. The molecule has 1 heterocycles. The van der Waals surface area contributed by atoms with Crippen molar-refractivity contribution in [2.24, 2.45) is 0 Å². The van der Waals surface area contributed by atoms with Gasteiger partial charge in [0.15, 0.2) is 0 Å². The number of aromatic nitrogens is 1. The SMILES string of the molecule is C=CCc1cc(-c2ccccn2)ccc1C=CCCCC(C)F. The molecule has 0 saturated heterocycles. The Bertz CT molecular complexity index is 644. The normalized spacial score (nSPS) is 12.4. The van der Waals surface area contributed by atoms with Crippen molar-refractivity contribution in [2.45, 2.75) is 38.8 Å². The zero-order valence-corrected chi connectivity index (χ0v) is 13.7. The lowest BCUT2D eigenvalue weighted by atomic mass is 9.98. The lowest BCUT2D eigenvalue weighted by molar-refractivity contribution is 0.335. The molecule has 0 aliphatic rings. The Morgan fingerprint density at radius 3 is 2.83 bits per heavy atom. The molecule has 0 fully saturated rings. The molecule has 1 unspecified atom stereocenters. The number of hydrogen-bond donors (Lipinski definition) is 0. The molecule has 0 saturated carbocycles. The standard InChI is InChI=1S/C21H24FN/c1-3-9-19-16-20(21-12-7-8-15-23-21)14-13-18(19)11-6-4-5-10-17(2)22/h3,6-8,11-17H,1,4-5,9-10H2,2H3. The van der Waals surface area contributed by atoms with E-state index in [-0.39, 0.29) is 0 Å². The van der Waals surface area contributed by atoms with Gasteiger partial charge in [-0.05, 0) is 61.9 Å². The van der Waals surface area contributed by atoms with Crippen LogP contribution in [0.1, 0.15) is 37.3 Å². The highest BCUT2D eigenvalue weighted by molar-refractivity contribution is 5.65. The van der Waals surface area contributed by atoms with Crippen molar-refractivity contribution in [1.29, 1.82) is 0 Å². The zero-order chi connectivity index (χ0) is 16.5. The second-order valence-electron chi connectivity index (χ2n) is 5.74. The molecule has 1 atom stereocenters. The molecular formula is C21H24FN. The number of unbranched alkanes of at least 4 members (excludes halogenated alkanes) is 1. The van der Waals surface area contributed by atoms with Gasteiger partial charge in [-0.3, -0.25) is 4.98 Å². The van der Waals surface area contributed by atoms with Gasteiger partial charge in [-0.25, -0.2) is 4.39 Å². The number of alkyl halides is 1. The van der Waals surface area contributed by atoms with Crippen LogP contribution in [0, 0.1) is 0 Å². The van der Waals surface area contributed by atoms with E-state index in [0.29, 0.717) is 6.42 Å². The van der Waals surface area contributed by atoms with Gasteiger partial charge in [-0.2, -0.15) is 0 Å². The van der Waals surface area contributed by atoms with Crippen LogP contribution in [0.2, 0.25) is 0 Å². The predicted octanol–water partition coefficient (Wildman–Crippen LogP) is 6.02. The van der Waals surface area contributed by atoms with Crippen LogP contribution in [0.3, 0.4) is 0 Å². The highest BCUT2D eigenvalue weighted by atomic mass is 19.1. The third kappa shape index (κ3) is 5.48. The van der Waals surface area contributed by atoms with E-state index in [1.54, 1.807) is 6.92 Å². The maximum absolute atomic E-state index is 12.8. The Balaban J connectivity index is 2.13. The van der Waals surface area contributed by atoms with E-state index in [1.807, 2.05) is 30.5 Å². The fourth-order valence-corrected chi connectivity index (χ4v) is 2.52. The largest absolute Gasteiger partial charge is 0.256 e. The van der Waals surface area contributed by atoms with Gasteiger partial charge in [-0.15, -0.1) is 6.58 Å². The number of benzene rings is 1. The summed E-state index contributed by atoms with van der Waals surface area (Å²) >= 11 is 0. The van der Waals surface area contributed by atoms with E-state index >= 15 is 0 Å². The van der Waals surface area contributed by atoms with Crippen molar-refractivity contribution in [2.75, 3.05) is 0 Å². The van der Waals surface area contributed by atoms with E-state index in [0.717, 1.165) is 30.5 Å². The van der Waals surface area contributed by atoms with Crippen LogP contribution >= 0.6 is 0 Å². The smallest absolute Gasteiger partial charge is 0.0973 e. The van der Waals surface area contributed by atoms with Crippen molar-refractivity contribution in [3.05, 3.63) is 72.5 Å². The van der Waals surface area contributed by atoms with E-state index in [4.69, 9.17) is 0 Å².